The van der Waals surface area contributed by atoms with Gasteiger partial charge >= 0.3 is 0 Å². The van der Waals surface area contributed by atoms with Gasteiger partial charge < -0.3 is 5.11 Å². The van der Waals surface area contributed by atoms with Gasteiger partial charge in [0.15, 0.2) is 0 Å². The first-order chi connectivity index (χ1) is 6.36. The van der Waals surface area contributed by atoms with Gasteiger partial charge in [0, 0.05) is 4.90 Å². The molecule has 70 valence electrons. The van der Waals surface area contributed by atoms with Crippen LogP contribution in [0.2, 0.25) is 0 Å². The van der Waals surface area contributed by atoms with E-state index in [9.17, 15) is 0 Å². The van der Waals surface area contributed by atoms with Gasteiger partial charge in [-0.1, -0.05) is 5.37 Å². The molecule has 0 amide bonds. The van der Waals surface area contributed by atoms with Crippen LogP contribution < -0.4 is 0 Å². The zero-order valence-corrected chi connectivity index (χ0v) is 8.39. The van der Waals surface area contributed by atoms with E-state index in [1.54, 1.807) is 12.1 Å². The average Bonchev–Trinajstić information content (AvgIpc) is 2.20. The fourth-order valence-electron chi connectivity index (χ4n) is 1.55. The summed E-state index contributed by atoms with van der Waals surface area (Å²) in [4.78, 5) is 1.37. The van der Waals surface area contributed by atoms with Crippen molar-refractivity contribution in [1.82, 2.24) is 0 Å². The molecule has 0 fully saturated rings. The van der Waals surface area contributed by atoms with E-state index in [0.717, 1.165) is 0 Å². The maximum atomic E-state index is 9.15. The van der Waals surface area contributed by atoms with Gasteiger partial charge in [-0.25, -0.2) is 0 Å². The summed E-state index contributed by atoms with van der Waals surface area (Å²) in [5.41, 5.74) is 0. The largest absolute Gasteiger partial charge is 0.508 e. The van der Waals surface area contributed by atoms with Gasteiger partial charge in [-0.3, -0.25) is 0 Å². The Balaban J connectivity index is 2.24. The summed E-state index contributed by atoms with van der Waals surface area (Å²) < 4.78 is 0. The molecule has 0 spiro atoms. The average molecular weight is 194 g/mol. The molecule has 1 nitrogen and oxygen atoms in total. The van der Waals surface area contributed by atoms with E-state index in [0.29, 0.717) is 16.2 Å². The molecule has 1 aliphatic rings. The second-order valence-electron chi connectivity index (χ2n) is 3.29. The molecule has 2 rings (SSSR count). The van der Waals surface area contributed by atoms with Crippen LogP contribution in [0.3, 0.4) is 0 Å². The fraction of sp³-hybridized carbons (Fsp3) is 0.364. The summed E-state index contributed by atoms with van der Waals surface area (Å²) in [5.74, 6) is 1.66. The van der Waals surface area contributed by atoms with Crippen LogP contribution in [0.5, 0.6) is 5.75 Å². The predicted molar refractivity (Wildman–Crippen MR) is 58.7 cm³/mol. The Morgan fingerprint density at radius 3 is 2.46 bits per heavy atom. The van der Waals surface area contributed by atoms with Crippen molar-refractivity contribution in [2.24, 2.45) is 0 Å². The topological polar surface area (TPSA) is 20.2 Å². The van der Waals surface area contributed by atoms with Crippen LogP contribution in [-0.4, -0.2) is 16.2 Å². The number of rotatable bonds is 1. The fourth-order valence-corrected chi connectivity index (χ4v) is 3.59. The molecule has 1 N–H and O–H groups in total. The number of phenols is 1. The predicted octanol–water partition coefficient (Wildman–Crippen LogP) is 3.01. The molecule has 1 atom stereocenters. The van der Waals surface area contributed by atoms with Gasteiger partial charge in [-0.2, -0.15) is 10.5 Å². The van der Waals surface area contributed by atoms with E-state index in [4.69, 9.17) is 5.11 Å². The second kappa shape index (κ2) is 3.97. The number of phenolic OH excluding ortho intramolecular Hbond substituents is 1. The summed E-state index contributed by atoms with van der Waals surface area (Å²) in [5, 5.41) is 11.6. The summed E-state index contributed by atoms with van der Waals surface area (Å²) in [6.45, 7) is 0. The summed E-state index contributed by atoms with van der Waals surface area (Å²) >= 11 is 0. The Kier molecular flexibility index (Phi) is 2.69. The van der Waals surface area contributed by atoms with Gasteiger partial charge in [0.2, 0.25) is 0 Å². The minimum atomic E-state index is 0.348. The molecule has 0 radical (unpaired) electrons. The minimum Gasteiger partial charge on any atom is -0.508 e. The lowest BCUT2D eigenvalue weighted by Crippen LogP contribution is -1.94. The number of benzene rings is 1. The zero-order chi connectivity index (χ0) is 9.10. The van der Waals surface area contributed by atoms with E-state index < -0.39 is 0 Å². The monoisotopic (exact) mass is 194 g/mol. The van der Waals surface area contributed by atoms with Crippen molar-refractivity contribution in [2.75, 3.05) is 5.75 Å². The maximum absolute atomic E-state index is 9.15. The third-order valence-corrected chi connectivity index (χ3v) is 4.52. The van der Waals surface area contributed by atoms with E-state index in [2.05, 4.69) is 5.37 Å². The zero-order valence-electron chi connectivity index (χ0n) is 7.57. The Hall–Kier alpha value is -0.760. The van der Waals surface area contributed by atoms with Crippen molar-refractivity contribution in [3.8, 4) is 5.75 Å². The summed E-state index contributed by atoms with van der Waals surface area (Å²) in [6.07, 6.45) is 3.95. The van der Waals surface area contributed by atoms with Crippen LogP contribution in [0.4, 0.5) is 0 Å². The Morgan fingerprint density at radius 2 is 1.85 bits per heavy atom. The summed E-state index contributed by atoms with van der Waals surface area (Å²) in [7, 11) is 0.348. The van der Waals surface area contributed by atoms with Crippen molar-refractivity contribution in [2.45, 2.75) is 24.2 Å². The number of hydrogen-bond donors (Lipinski definition) is 1. The Bertz CT molecular complexity index is 313. The highest BCUT2D eigenvalue weighted by atomic mass is 32.2. The van der Waals surface area contributed by atoms with Crippen molar-refractivity contribution in [3.05, 3.63) is 24.3 Å². The van der Waals surface area contributed by atoms with Gasteiger partial charge in [-0.05, 0) is 49.3 Å². The second-order valence-corrected chi connectivity index (χ2v) is 5.36. The van der Waals surface area contributed by atoms with E-state index in [1.807, 2.05) is 12.1 Å². The SMILES string of the molecule is Oc1ccc(S2=CCCCC2)cc1. The smallest absolute Gasteiger partial charge is 0.115 e. The van der Waals surface area contributed by atoms with Gasteiger partial charge in [-0.15, -0.1) is 0 Å². The standard InChI is InChI=1S/C11H14OS/c12-10-4-6-11(7-5-10)13-8-2-1-3-9-13/h4-8,12H,1-3,9H2. The van der Waals surface area contributed by atoms with E-state index in [1.165, 1.54) is 29.9 Å². The molecular weight excluding hydrogens is 180 g/mol. The molecule has 1 aromatic rings. The molecule has 1 heterocycles. The molecule has 0 saturated heterocycles. The molecule has 1 aliphatic heterocycles. The molecule has 13 heavy (non-hydrogen) atoms. The highest BCUT2D eigenvalue weighted by Gasteiger charge is 2.03. The maximum Gasteiger partial charge on any atom is 0.115 e. The van der Waals surface area contributed by atoms with Crippen LogP contribution in [0.1, 0.15) is 19.3 Å². The lowest BCUT2D eigenvalue weighted by molar-refractivity contribution is 0.475. The first-order valence-electron chi connectivity index (χ1n) is 4.68. The normalized spacial score (nSPS) is 22.3. The first-order valence-corrected chi connectivity index (χ1v) is 6.14. The third kappa shape index (κ3) is 2.13. The van der Waals surface area contributed by atoms with E-state index in [-0.39, 0.29) is 0 Å². The Morgan fingerprint density at radius 1 is 1.08 bits per heavy atom. The molecular formula is C11H14OS. The van der Waals surface area contributed by atoms with Crippen molar-refractivity contribution >= 4 is 15.9 Å². The Labute approximate surface area is 81.3 Å². The molecule has 0 aromatic heterocycles. The van der Waals surface area contributed by atoms with E-state index >= 15 is 0 Å². The molecule has 0 saturated carbocycles. The molecule has 0 bridgehead atoms. The molecule has 1 unspecified atom stereocenters. The van der Waals surface area contributed by atoms with Crippen molar-refractivity contribution < 1.29 is 5.11 Å². The van der Waals surface area contributed by atoms with Gasteiger partial charge in [0.1, 0.15) is 5.75 Å². The van der Waals surface area contributed by atoms with Crippen molar-refractivity contribution in [3.63, 3.8) is 0 Å². The summed E-state index contributed by atoms with van der Waals surface area (Å²) in [6, 6.07) is 7.65. The lowest BCUT2D eigenvalue weighted by Gasteiger charge is -2.14. The van der Waals surface area contributed by atoms with Gasteiger partial charge in [0.25, 0.3) is 0 Å². The van der Waals surface area contributed by atoms with Crippen molar-refractivity contribution in [1.29, 1.82) is 0 Å². The first kappa shape index (κ1) is 8.82. The molecule has 1 aromatic carbocycles. The lowest BCUT2D eigenvalue weighted by atomic mass is 10.3. The molecule has 2 heteroatoms. The third-order valence-electron chi connectivity index (χ3n) is 2.28. The van der Waals surface area contributed by atoms with Crippen LogP contribution in [0.25, 0.3) is 0 Å². The van der Waals surface area contributed by atoms with Crippen LogP contribution in [-0.2, 0) is 0 Å². The minimum absolute atomic E-state index is 0.348. The number of hydrogen-bond acceptors (Lipinski definition) is 1. The van der Waals surface area contributed by atoms with Crippen LogP contribution >= 0.6 is 10.5 Å². The highest BCUT2D eigenvalue weighted by molar-refractivity contribution is 8.15. The van der Waals surface area contributed by atoms with Gasteiger partial charge in [0.05, 0.1) is 0 Å². The number of aromatic hydroxyl groups is 1. The van der Waals surface area contributed by atoms with Crippen LogP contribution in [0.15, 0.2) is 29.2 Å². The van der Waals surface area contributed by atoms with Crippen LogP contribution in [0, 0.1) is 0 Å². The highest BCUT2D eigenvalue weighted by Crippen LogP contribution is 2.31. The quantitative estimate of drug-likeness (QED) is 0.681. The molecule has 0 aliphatic carbocycles.